The largest absolute Gasteiger partial charge is 0.463 e. The third-order valence-electron chi connectivity index (χ3n) is 5.61. The number of amidine groups is 1. The number of aryl methyl sites for hydroxylation is 1. The number of hydrazone groups is 1. The molecule has 0 unspecified atom stereocenters. The second-order valence-electron chi connectivity index (χ2n) is 8.94. The van der Waals surface area contributed by atoms with Crippen LogP contribution in [0.15, 0.2) is 34.3 Å². The van der Waals surface area contributed by atoms with Gasteiger partial charge >= 0.3 is 23.9 Å². The number of hydrogen-bond acceptors (Lipinski definition) is 14. The summed E-state index contributed by atoms with van der Waals surface area (Å²) < 4.78 is 52.8. The van der Waals surface area contributed by atoms with Crippen molar-refractivity contribution in [3.05, 3.63) is 29.8 Å². The summed E-state index contributed by atoms with van der Waals surface area (Å²) in [5.41, 5.74) is 0.835. The van der Waals surface area contributed by atoms with E-state index in [9.17, 15) is 32.4 Å². The molecule has 1 aromatic rings. The van der Waals surface area contributed by atoms with Crippen LogP contribution in [0.3, 0.4) is 0 Å². The van der Waals surface area contributed by atoms with Gasteiger partial charge in [0.05, 0.1) is 10.6 Å². The topological polar surface area (TPSA) is 193 Å². The average molecular weight is 616 g/mol. The van der Waals surface area contributed by atoms with Crippen molar-refractivity contribution in [3.8, 4) is 0 Å². The van der Waals surface area contributed by atoms with Gasteiger partial charge in [-0.25, -0.2) is 0 Å². The Morgan fingerprint density at radius 3 is 2.07 bits per heavy atom. The Kier molecular flexibility index (Phi) is 10.3. The maximum atomic E-state index is 13.1. The number of nitrogens with one attached hydrogen (secondary N) is 1. The zero-order valence-corrected chi connectivity index (χ0v) is 24.4. The molecule has 17 heteroatoms. The first-order valence-electron chi connectivity index (χ1n) is 12.1. The van der Waals surface area contributed by atoms with E-state index in [1.165, 1.54) is 12.1 Å². The summed E-state index contributed by atoms with van der Waals surface area (Å²) in [6.45, 7) is 5.60. The van der Waals surface area contributed by atoms with Gasteiger partial charge in [-0.15, -0.1) is 5.10 Å². The Balaban J connectivity index is 2.04. The molecule has 2 aliphatic heterocycles. The highest BCUT2D eigenvalue weighted by Crippen LogP contribution is 2.34. The Hall–Kier alpha value is -3.70. The van der Waals surface area contributed by atoms with Gasteiger partial charge in [-0.2, -0.15) is 13.2 Å². The highest BCUT2D eigenvalue weighted by molar-refractivity contribution is 8.15. The van der Waals surface area contributed by atoms with Crippen molar-refractivity contribution in [2.24, 2.45) is 5.10 Å². The Morgan fingerprint density at radius 1 is 0.951 bits per heavy atom. The van der Waals surface area contributed by atoms with Crippen LogP contribution in [0.4, 0.5) is 0 Å². The molecule has 2 heterocycles. The number of amides is 1. The van der Waals surface area contributed by atoms with Gasteiger partial charge in [0.2, 0.25) is 5.91 Å². The van der Waals surface area contributed by atoms with Crippen molar-refractivity contribution < 1.29 is 56.1 Å². The van der Waals surface area contributed by atoms with Crippen molar-refractivity contribution in [1.82, 2.24) is 9.73 Å². The zero-order chi connectivity index (χ0) is 30.5. The fourth-order valence-corrected chi connectivity index (χ4v) is 5.70. The molecule has 1 aromatic carbocycles. The Bertz CT molecular complexity index is 1330. The van der Waals surface area contributed by atoms with E-state index in [4.69, 9.17) is 23.7 Å². The third-order valence-corrected chi connectivity index (χ3v) is 7.77. The number of nitrogens with zero attached hydrogens (tertiary/aromatic N) is 2. The molecule has 0 aromatic heterocycles. The van der Waals surface area contributed by atoms with Gasteiger partial charge in [-0.1, -0.05) is 29.5 Å². The summed E-state index contributed by atoms with van der Waals surface area (Å²) in [7, 11) is -4.15. The van der Waals surface area contributed by atoms with Crippen LogP contribution in [-0.2, 0) is 57.7 Å². The minimum atomic E-state index is -4.15. The molecule has 0 radical (unpaired) electrons. The molecule has 15 nitrogen and oxygen atoms in total. The lowest BCUT2D eigenvalue weighted by molar-refractivity contribution is -0.268. The van der Waals surface area contributed by atoms with Gasteiger partial charge in [0.1, 0.15) is 12.7 Å². The van der Waals surface area contributed by atoms with E-state index in [2.05, 4.69) is 9.93 Å². The molecule has 0 saturated carbocycles. The second-order valence-corrected chi connectivity index (χ2v) is 11.5. The summed E-state index contributed by atoms with van der Waals surface area (Å²) >= 11 is 0.858. The predicted molar refractivity (Wildman–Crippen MR) is 140 cm³/mol. The normalized spacial score (nSPS) is 25.4. The van der Waals surface area contributed by atoms with Crippen molar-refractivity contribution in [1.29, 1.82) is 0 Å². The van der Waals surface area contributed by atoms with Crippen molar-refractivity contribution in [3.63, 3.8) is 0 Å². The highest BCUT2D eigenvalue weighted by Gasteiger charge is 2.56. The Morgan fingerprint density at radius 2 is 1.51 bits per heavy atom. The van der Waals surface area contributed by atoms with E-state index in [1.54, 1.807) is 19.1 Å². The van der Waals surface area contributed by atoms with Crippen molar-refractivity contribution in [2.45, 2.75) is 70.2 Å². The van der Waals surface area contributed by atoms with Crippen molar-refractivity contribution >= 4 is 56.7 Å². The van der Waals surface area contributed by atoms with Gasteiger partial charge < -0.3 is 23.7 Å². The number of sulfonamides is 1. The molecule has 2 fully saturated rings. The first-order valence-corrected chi connectivity index (χ1v) is 14.6. The lowest BCUT2D eigenvalue weighted by Gasteiger charge is -2.46. The predicted octanol–water partition coefficient (Wildman–Crippen LogP) is 0.203. The number of thioether (sulfide) groups is 1. The van der Waals surface area contributed by atoms with E-state index >= 15 is 0 Å². The smallest absolute Gasteiger partial charge is 0.303 e. The number of esters is 4. The first kappa shape index (κ1) is 31.8. The minimum Gasteiger partial charge on any atom is -0.463 e. The fraction of sp³-hybridized carbons (Fsp3) is 0.500. The zero-order valence-electron chi connectivity index (χ0n) is 22.7. The van der Waals surface area contributed by atoms with E-state index < -0.39 is 77.1 Å². The standard InChI is InChI=1S/C24H29N3O12S2/c1-12-6-8-17(9-7-12)41(33,34)26-25-24-27(19(32)11-40-24)23-22(38-16(5)31)21(37-15(4)30)20(36-14(3)29)18(39-23)10-35-13(2)28/h6-9,18,20-23,26H,10-11H2,1-5H3/b25-24+/t18-,20-,21+,22-,23-/m1/s1. The lowest BCUT2D eigenvalue weighted by Crippen LogP contribution is -2.66. The molecule has 1 N–H and O–H groups in total. The van der Waals surface area contributed by atoms with E-state index in [1.807, 2.05) is 0 Å². The summed E-state index contributed by atoms with van der Waals surface area (Å²) in [6.07, 6.45) is -7.41. The SMILES string of the molecule is CC(=O)OC[C@H]1O[C@@H](N2C(=O)CS/C2=N/NS(=O)(=O)c2ccc(C)cc2)[C@H](OC(C)=O)[C@@H](OC(C)=O)[C@@H]1OC(C)=O. The van der Waals surface area contributed by atoms with Crippen molar-refractivity contribution in [2.75, 3.05) is 12.4 Å². The quantitative estimate of drug-likeness (QED) is 0.225. The summed E-state index contributed by atoms with van der Waals surface area (Å²) in [6, 6.07) is 5.95. The maximum Gasteiger partial charge on any atom is 0.303 e. The number of benzene rings is 1. The number of carbonyl (C=O) groups is 5. The fourth-order valence-electron chi connectivity index (χ4n) is 3.99. The monoisotopic (exact) mass is 615 g/mol. The molecular weight excluding hydrogens is 586 g/mol. The summed E-state index contributed by atoms with van der Waals surface area (Å²) in [5, 5.41) is 3.74. The number of hydrogen-bond donors (Lipinski definition) is 1. The molecule has 224 valence electrons. The molecule has 2 aliphatic rings. The summed E-state index contributed by atoms with van der Waals surface area (Å²) in [5.74, 6) is -4.05. The molecule has 0 spiro atoms. The molecule has 0 bridgehead atoms. The first-order chi connectivity index (χ1) is 19.2. The number of carbonyl (C=O) groups excluding carboxylic acids is 5. The maximum absolute atomic E-state index is 13.1. The van der Waals surface area contributed by atoms with E-state index in [0.29, 0.717) is 0 Å². The lowest BCUT2D eigenvalue weighted by atomic mass is 9.96. The van der Waals surface area contributed by atoms with E-state index in [-0.39, 0.29) is 15.8 Å². The molecular formula is C24H29N3O12S2. The minimum absolute atomic E-state index is 0.0828. The van der Waals surface area contributed by atoms with Crippen LogP contribution in [-0.4, -0.2) is 91.3 Å². The van der Waals surface area contributed by atoms with Gasteiger partial charge in [0.25, 0.3) is 10.0 Å². The van der Waals surface area contributed by atoms with Crippen LogP contribution in [0.1, 0.15) is 33.3 Å². The molecule has 5 atom stereocenters. The number of rotatable bonds is 9. The summed E-state index contributed by atoms with van der Waals surface area (Å²) in [4.78, 5) is 63.6. The molecule has 0 aliphatic carbocycles. The second kappa shape index (κ2) is 13.3. The molecule has 41 heavy (non-hydrogen) atoms. The van der Waals surface area contributed by atoms with Gasteiger partial charge in [-0.05, 0) is 19.1 Å². The highest BCUT2D eigenvalue weighted by atomic mass is 32.2. The van der Waals surface area contributed by atoms with Gasteiger partial charge in [0.15, 0.2) is 29.7 Å². The van der Waals surface area contributed by atoms with Crippen LogP contribution in [0.25, 0.3) is 0 Å². The molecule has 3 rings (SSSR count). The van der Waals surface area contributed by atoms with Crippen LogP contribution in [0.2, 0.25) is 0 Å². The van der Waals surface area contributed by atoms with Crippen LogP contribution in [0.5, 0.6) is 0 Å². The number of ether oxygens (including phenoxy) is 5. The van der Waals surface area contributed by atoms with Gasteiger partial charge in [0, 0.05) is 27.7 Å². The molecule has 1 amide bonds. The Labute approximate surface area is 239 Å². The van der Waals surface area contributed by atoms with E-state index in [0.717, 1.165) is 49.9 Å². The van der Waals surface area contributed by atoms with Crippen LogP contribution < -0.4 is 4.83 Å². The third kappa shape index (κ3) is 8.17. The van der Waals surface area contributed by atoms with Crippen LogP contribution in [0, 0.1) is 6.92 Å². The van der Waals surface area contributed by atoms with Gasteiger partial charge in [-0.3, -0.25) is 28.9 Å². The van der Waals surface area contributed by atoms with Crippen LogP contribution >= 0.6 is 11.8 Å². The average Bonchev–Trinajstić information content (AvgIpc) is 3.23. The molecule has 2 saturated heterocycles.